The maximum absolute atomic E-state index is 5.10. The number of rotatable bonds is 2. The van der Waals surface area contributed by atoms with E-state index < -0.39 is 0 Å². The van der Waals surface area contributed by atoms with E-state index in [0.29, 0.717) is 0 Å². The number of benzene rings is 4. The lowest BCUT2D eigenvalue weighted by molar-refractivity contribution is 0.827. The number of pyridine rings is 1. The van der Waals surface area contributed by atoms with Crippen molar-refractivity contribution >= 4 is 49.3 Å². The fourth-order valence-electron chi connectivity index (χ4n) is 5.25. The third kappa shape index (κ3) is 2.28. The molecule has 0 N–H and O–H groups in total. The molecule has 4 aromatic carbocycles. The summed E-state index contributed by atoms with van der Waals surface area (Å²) in [6, 6.07) is 34.8. The van der Waals surface area contributed by atoms with Crippen molar-refractivity contribution in [3.05, 3.63) is 97.1 Å². The minimum atomic E-state index is 0.941. The van der Waals surface area contributed by atoms with Crippen LogP contribution in [0.3, 0.4) is 0 Å². The van der Waals surface area contributed by atoms with Crippen LogP contribution in [0.15, 0.2) is 97.1 Å². The van der Waals surface area contributed by atoms with Crippen LogP contribution >= 0.6 is 0 Å². The lowest BCUT2D eigenvalue weighted by Crippen LogP contribution is -1.95. The second-order valence-corrected chi connectivity index (χ2v) is 8.37. The summed E-state index contributed by atoms with van der Waals surface area (Å²) in [4.78, 5) is 5.10. The summed E-state index contributed by atoms with van der Waals surface area (Å²) in [5.41, 5.74) is 8.10. The average Bonchev–Trinajstić information content (AvgIpc) is 3.38. The maximum Gasteiger partial charge on any atom is 0.146 e. The Balaban J connectivity index is 1.73. The molecule has 0 unspecified atom stereocenters. The van der Waals surface area contributed by atoms with Crippen LogP contribution < -0.4 is 0 Å². The molecule has 0 saturated heterocycles. The van der Waals surface area contributed by atoms with Gasteiger partial charge in [-0.15, -0.1) is 0 Å². The summed E-state index contributed by atoms with van der Waals surface area (Å²) >= 11 is 0. The van der Waals surface area contributed by atoms with Crippen LogP contribution in [0.1, 0.15) is 6.92 Å². The zero-order valence-electron chi connectivity index (χ0n) is 17.8. The topological polar surface area (TPSA) is 22.2 Å². The summed E-state index contributed by atoms with van der Waals surface area (Å²) < 4.78 is 4.73. The molecule has 0 fully saturated rings. The highest BCUT2D eigenvalue weighted by Gasteiger charge is 2.17. The Morgan fingerprint density at radius 3 is 2.25 bits per heavy atom. The summed E-state index contributed by atoms with van der Waals surface area (Å²) in [6.07, 6.45) is 0. The van der Waals surface area contributed by atoms with Crippen molar-refractivity contribution in [2.75, 3.05) is 0 Å². The molecule has 3 heterocycles. The monoisotopic (exact) mass is 411 g/mol. The zero-order valence-corrected chi connectivity index (χ0v) is 17.8. The third-order valence-electron chi connectivity index (χ3n) is 6.66. The number of hydrogen-bond donors (Lipinski definition) is 0. The Bertz CT molecular complexity index is 1800. The minimum absolute atomic E-state index is 0.941. The van der Waals surface area contributed by atoms with Gasteiger partial charge in [0.05, 0.1) is 16.7 Å². The van der Waals surface area contributed by atoms with Gasteiger partial charge in [0.2, 0.25) is 0 Å². The Morgan fingerprint density at radius 2 is 1.41 bits per heavy atom. The van der Waals surface area contributed by atoms with Gasteiger partial charge in [-0.25, -0.2) is 4.98 Å². The van der Waals surface area contributed by atoms with Crippen molar-refractivity contribution in [3.63, 3.8) is 0 Å². The van der Waals surface area contributed by atoms with Crippen LogP contribution in [0, 0.1) is 0 Å². The molecule has 3 aromatic heterocycles. The molecule has 0 spiro atoms. The molecule has 0 radical (unpaired) electrons. The molecular formula is C29H21N3. The molecule has 0 saturated carbocycles. The normalized spacial score (nSPS) is 12.0. The van der Waals surface area contributed by atoms with Crippen LogP contribution in [0.2, 0.25) is 0 Å². The first-order chi connectivity index (χ1) is 15.8. The van der Waals surface area contributed by atoms with Gasteiger partial charge in [0.1, 0.15) is 5.65 Å². The molecule has 152 valence electrons. The Kier molecular flexibility index (Phi) is 3.54. The van der Waals surface area contributed by atoms with Gasteiger partial charge < -0.3 is 4.57 Å². The molecule has 7 aromatic rings. The highest BCUT2D eigenvalue weighted by atomic mass is 15.0. The summed E-state index contributed by atoms with van der Waals surface area (Å²) in [5.74, 6) is 0. The van der Waals surface area contributed by atoms with Gasteiger partial charge in [0.15, 0.2) is 0 Å². The van der Waals surface area contributed by atoms with Crippen LogP contribution in [-0.2, 0) is 6.54 Å². The van der Waals surface area contributed by atoms with Crippen molar-refractivity contribution in [2.24, 2.45) is 0 Å². The zero-order chi connectivity index (χ0) is 21.2. The van der Waals surface area contributed by atoms with E-state index in [1.54, 1.807) is 0 Å². The molecule has 0 atom stereocenters. The van der Waals surface area contributed by atoms with Crippen LogP contribution in [0.5, 0.6) is 0 Å². The highest BCUT2D eigenvalue weighted by molar-refractivity contribution is 6.15. The lowest BCUT2D eigenvalue weighted by atomic mass is 10.0. The second kappa shape index (κ2) is 6.44. The molecule has 7 rings (SSSR count). The molecule has 32 heavy (non-hydrogen) atoms. The first-order valence-electron chi connectivity index (χ1n) is 11.1. The first kappa shape index (κ1) is 17.6. The Hall–Kier alpha value is -4.11. The SMILES string of the molecule is CCn1c2ccccc2c2cc3c(cc(-c4ccccc4)n4c5ccccc5nc34)cc21. The minimum Gasteiger partial charge on any atom is -0.341 e. The maximum atomic E-state index is 5.10. The van der Waals surface area contributed by atoms with E-state index in [2.05, 4.69) is 113 Å². The van der Waals surface area contributed by atoms with Gasteiger partial charge in [-0.1, -0.05) is 60.7 Å². The predicted octanol–water partition coefficient (Wildman–Crippen LogP) is 7.44. The van der Waals surface area contributed by atoms with Crippen LogP contribution in [0.4, 0.5) is 0 Å². The smallest absolute Gasteiger partial charge is 0.146 e. The van der Waals surface area contributed by atoms with Crippen LogP contribution in [-0.4, -0.2) is 14.0 Å². The van der Waals surface area contributed by atoms with Gasteiger partial charge in [-0.05, 0) is 54.3 Å². The van der Waals surface area contributed by atoms with Gasteiger partial charge in [-0.2, -0.15) is 0 Å². The fraction of sp³-hybridized carbons (Fsp3) is 0.0690. The van der Waals surface area contributed by atoms with Crippen molar-refractivity contribution in [1.29, 1.82) is 0 Å². The molecule has 0 bridgehead atoms. The summed E-state index contributed by atoms with van der Waals surface area (Å²) in [6.45, 7) is 3.16. The largest absolute Gasteiger partial charge is 0.341 e. The van der Waals surface area contributed by atoms with Gasteiger partial charge in [0, 0.05) is 33.7 Å². The van der Waals surface area contributed by atoms with E-state index in [0.717, 1.165) is 23.2 Å². The molecule has 3 nitrogen and oxygen atoms in total. The number of para-hydroxylation sites is 3. The van der Waals surface area contributed by atoms with E-state index in [-0.39, 0.29) is 0 Å². The van der Waals surface area contributed by atoms with Crippen molar-refractivity contribution in [2.45, 2.75) is 13.5 Å². The molecule has 0 aliphatic carbocycles. The predicted molar refractivity (Wildman–Crippen MR) is 134 cm³/mol. The van der Waals surface area contributed by atoms with Crippen molar-refractivity contribution in [1.82, 2.24) is 14.0 Å². The average molecular weight is 412 g/mol. The molecule has 0 aliphatic rings. The summed E-state index contributed by atoms with van der Waals surface area (Å²) in [7, 11) is 0. The molecule has 0 amide bonds. The highest BCUT2D eigenvalue weighted by Crippen LogP contribution is 2.37. The standard InChI is InChI=1S/C29H21N3/c1-2-31-25-14-8-6-12-21(25)23-18-22-20(17-28(23)31)16-27(19-10-4-3-5-11-19)32-26-15-9-7-13-24(26)30-29(22)32/h3-18H,2H2,1H3. The van der Waals surface area contributed by atoms with E-state index in [1.165, 1.54) is 43.8 Å². The quantitative estimate of drug-likeness (QED) is 0.290. The number of hydrogen-bond acceptors (Lipinski definition) is 1. The third-order valence-corrected chi connectivity index (χ3v) is 6.66. The van der Waals surface area contributed by atoms with E-state index in [1.807, 2.05) is 0 Å². The van der Waals surface area contributed by atoms with Crippen molar-refractivity contribution < 1.29 is 0 Å². The number of fused-ring (bicyclic) bond motifs is 8. The van der Waals surface area contributed by atoms with Gasteiger partial charge in [0.25, 0.3) is 0 Å². The van der Waals surface area contributed by atoms with Gasteiger partial charge >= 0.3 is 0 Å². The number of aryl methyl sites for hydroxylation is 1. The van der Waals surface area contributed by atoms with E-state index >= 15 is 0 Å². The Labute approximate surface area is 185 Å². The van der Waals surface area contributed by atoms with Gasteiger partial charge in [-0.3, -0.25) is 4.40 Å². The summed E-state index contributed by atoms with van der Waals surface area (Å²) in [5, 5.41) is 4.99. The van der Waals surface area contributed by atoms with E-state index in [9.17, 15) is 0 Å². The number of imidazole rings is 1. The second-order valence-electron chi connectivity index (χ2n) is 8.37. The number of aromatic nitrogens is 3. The molecular weight excluding hydrogens is 390 g/mol. The fourth-order valence-corrected chi connectivity index (χ4v) is 5.25. The molecule has 0 aliphatic heterocycles. The molecule has 3 heteroatoms. The van der Waals surface area contributed by atoms with Crippen LogP contribution in [0.25, 0.3) is 60.5 Å². The number of nitrogens with zero attached hydrogens (tertiary/aromatic N) is 3. The van der Waals surface area contributed by atoms with Crippen molar-refractivity contribution in [3.8, 4) is 11.3 Å². The first-order valence-corrected chi connectivity index (χ1v) is 11.1. The lowest BCUT2D eigenvalue weighted by Gasteiger charge is -2.11. The van der Waals surface area contributed by atoms with E-state index in [4.69, 9.17) is 4.98 Å². The Morgan fingerprint density at radius 1 is 0.656 bits per heavy atom.